The first-order valence-electron chi connectivity index (χ1n) is 11.7. The second kappa shape index (κ2) is 9.19. The Hall–Kier alpha value is -2.24. The third-order valence-corrected chi connectivity index (χ3v) is 7.70. The molecule has 2 aliphatic rings. The zero-order chi connectivity index (χ0) is 23.8. The fourth-order valence-electron chi connectivity index (χ4n) is 5.22. The first kappa shape index (κ1) is 23.9. The number of carbonyl (C=O) groups excluding carboxylic acids is 1. The number of ether oxygens (including phenoxy) is 1. The number of carboxylic acids is 1. The van der Waals surface area contributed by atoms with E-state index in [1.807, 2.05) is 24.3 Å². The molecular weight excluding hydrogens is 443 g/mol. The van der Waals surface area contributed by atoms with Gasteiger partial charge in [-0.25, -0.2) is 9.18 Å². The lowest BCUT2D eigenvalue weighted by Crippen LogP contribution is -2.24. The molecule has 2 aromatic rings. The second-order valence-electron chi connectivity index (χ2n) is 9.61. The number of aromatic carboxylic acids is 1. The molecule has 2 aromatic carbocycles. The van der Waals surface area contributed by atoms with Gasteiger partial charge in [0.15, 0.2) is 5.78 Å². The van der Waals surface area contributed by atoms with Crippen LogP contribution in [0.3, 0.4) is 0 Å². The highest BCUT2D eigenvalue weighted by atomic mass is 35.5. The molecule has 176 valence electrons. The van der Waals surface area contributed by atoms with Gasteiger partial charge in [-0.2, -0.15) is 0 Å². The number of ketones is 1. The van der Waals surface area contributed by atoms with E-state index in [1.54, 1.807) is 6.92 Å². The number of hydrogen-bond acceptors (Lipinski definition) is 3. The van der Waals surface area contributed by atoms with Crippen LogP contribution in [0.2, 0.25) is 5.02 Å². The van der Waals surface area contributed by atoms with Crippen LogP contribution < -0.4 is 0 Å². The van der Waals surface area contributed by atoms with Crippen molar-refractivity contribution in [1.82, 2.24) is 0 Å². The van der Waals surface area contributed by atoms with Crippen molar-refractivity contribution >= 4 is 23.4 Å². The number of benzene rings is 2. The maximum atomic E-state index is 14.5. The summed E-state index contributed by atoms with van der Waals surface area (Å²) in [5.74, 6) is -1.24. The monoisotopic (exact) mass is 472 g/mol. The second-order valence-corrected chi connectivity index (χ2v) is 10.0. The van der Waals surface area contributed by atoms with Crippen molar-refractivity contribution in [2.75, 3.05) is 6.61 Å². The Balaban J connectivity index is 1.41. The molecule has 1 N–H and O–H groups in total. The van der Waals surface area contributed by atoms with E-state index in [9.17, 15) is 14.0 Å². The summed E-state index contributed by atoms with van der Waals surface area (Å²) in [5, 5.41) is 9.14. The average Bonchev–Trinajstić information content (AvgIpc) is 3.69. The van der Waals surface area contributed by atoms with Crippen LogP contribution >= 0.6 is 11.6 Å². The minimum absolute atomic E-state index is 0.0205. The van der Waals surface area contributed by atoms with Gasteiger partial charge in [0.05, 0.1) is 10.6 Å². The number of carboxylic acid groups (broad SMARTS) is 1. The molecule has 6 heteroatoms. The van der Waals surface area contributed by atoms with Gasteiger partial charge in [0.1, 0.15) is 11.4 Å². The van der Waals surface area contributed by atoms with Crippen molar-refractivity contribution < 1.29 is 23.8 Å². The number of Topliss-reactive ketones (excluding diaryl/α,β-unsaturated/α-hetero) is 1. The molecule has 0 radical (unpaired) electrons. The van der Waals surface area contributed by atoms with E-state index in [1.165, 1.54) is 11.6 Å². The lowest BCUT2D eigenvalue weighted by Gasteiger charge is -2.19. The smallest absolute Gasteiger partial charge is 0.337 e. The van der Waals surface area contributed by atoms with E-state index in [0.717, 1.165) is 51.0 Å². The van der Waals surface area contributed by atoms with Gasteiger partial charge in [0, 0.05) is 12.2 Å². The summed E-state index contributed by atoms with van der Waals surface area (Å²) in [7, 11) is 0. The topological polar surface area (TPSA) is 63.6 Å². The molecule has 0 aromatic heterocycles. The molecule has 0 aliphatic heterocycles. The molecule has 0 bridgehead atoms. The van der Waals surface area contributed by atoms with Crippen LogP contribution in [0, 0.1) is 11.2 Å². The van der Waals surface area contributed by atoms with E-state index in [2.05, 4.69) is 6.92 Å². The van der Waals surface area contributed by atoms with Crippen molar-refractivity contribution in [3.63, 3.8) is 0 Å². The van der Waals surface area contributed by atoms with Crippen molar-refractivity contribution in [3.05, 3.63) is 58.4 Å². The quantitative estimate of drug-likeness (QED) is 0.356. The lowest BCUT2D eigenvalue weighted by molar-refractivity contribution is -0.131. The minimum Gasteiger partial charge on any atom is -0.478 e. The molecule has 0 heterocycles. The molecule has 2 fully saturated rings. The van der Waals surface area contributed by atoms with Crippen molar-refractivity contribution in [3.8, 4) is 11.1 Å². The van der Waals surface area contributed by atoms with E-state index in [4.69, 9.17) is 21.4 Å². The minimum atomic E-state index is -1.25. The molecule has 4 nitrogen and oxygen atoms in total. The molecule has 0 spiro atoms. The summed E-state index contributed by atoms with van der Waals surface area (Å²) in [4.78, 5) is 22.9. The molecule has 2 saturated carbocycles. The van der Waals surface area contributed by atoms with Gasteiger partial charge in [-0.1, -0.05) is 49.2 Å². The van der Waals surface area contributed by atoms with Crippen molar-refractivity contribution in [2.24, 2.45) is 5.41 Å². The van der Waals surface area contributed by atoms with Crippen molar-refractivity contribution in [1.29, 1.82) is 0 Å². The summed E-state index contributed by atoms with van der Waals surface area (Å²) in [6.45, 7) is 4.45. The SMILES string of the molecule is CCCC1(CCCOC2(C(C)=O)CC2)C[C@@H]1c1ccc(-c2cc(Cl)c(C(=O)O)cc2F)cc1. The van der Waals surface area contributed by atoms with Crippen LogP contribution in [0.25, 0.3) is 11.1 Å². The summed E-state index contributed by atoms with van der Waals surface area (Å²) < 4.78 is 20.4. The normalized spacial score (nSPS) is 22.7. The highest BCUT2D eigenvalue weighted by Gasteiger charge is 2.53. The molecule has 2 aliphatic carbocycles. The summed E-state index contributed by atoms with van der Waals surface area (Å²) >= 11 is 6.04. The highest BCUT2D eigenvalue weighted by Crippen LogP contribution is 2.64. The third kappa shape index (κ3) is 4.85. The molecule has 33 heavy (non-hydrogen) atoms. The van der Waals surface area contributed by atoms with Gasteiger partial charge in [-0.15, -0.1) is 0 Å². The van der Waals surface area contributed by atoms with Crippen LogP contribution in [0.4, 0.5) is 4.39 Å². The Kier molecular flexibility index (Phi) is 6.66. The van der Waals surface area contributed by atoms with E-state index in [-0.39, 0.29) is 21.8 Å². The number of rotatable bonds is 11. The highest BCUT2D eigenvalue weighted by molar-refractivity contribution is 6.33. The Labute approximate surface area is 199 Å². The standard InChI is InChI=1S/C27H30ClFO4/c1-3-9-26(10-4-13-33-27(11-12-27)17(2)30)16-22(26)19-7-5-18(6-8-19)20-14-23(28)21(25(31)32)15-24(20)29/h5-8,14-15,22H,3-4,9-13,16H2,1-2H3,(H,31,32)/t22-,26?/m1/s1. The number of halogens is 2. The van der Waals surface area contributed by atoms with Crippen molar-refractivity contribution in [2.45, 2.75) is 70.3 Å². The fraction of sp³-hybridized carbons (Fsp3) is 0.481. The maximum Gasteiger partial charge on any atom is 0.337 e. The molecule has 1 unspecified atom stereocenters. The first-order valence-corrected chi connectivity index (χ1v) is 12.1. The van der Waals surface area contributed by atoms with Gasteiger partial charge < -0.3 is 9.84 Å². The third-order valence-electron chi connectivity index (χ3n) is 7.39. The van der Waals surface area contributed by atoms with Crippen LogP contribution in [0.5, 0.6) is 0 Å². The van der Waals surface area contributed by atoms with E-state index in [0.29, 0.717) is 23.7 Å². The maximum absolute atomic E-state index is 14.5. The van der Waals surface area contributed by atoms with Crippen LogP contribution in [0.1, 0.15) is 80.6 Å². The molecular formula is C27H30ClFO4. The lowest BCUT2D eigenvalue weighted by atomic mass is 9.89. The fourth-order valence-corrected chi connectivity index (χ4v) is 5.47. The number of hydrogen-bond donors (Lipinski definition) is 1. The number of carbonyl (C=O) groups is 2. The Bertz CT molecular complexity index is 1060. The predicted molar refractivity (Wildman–Crippen MR) is 126 cm³/mol. The van der Waals surface area contributed by atoms with Crippen LogP contribution in [-0.4, -0.2) is 29.1 Å². The summed E-state index contributed by atoms with van der Waals surface area (Å²) in [6.07, 6.45) is 7.12. The Morgan fingerprint density at radius 1 is 1.18 bits per heavy atom. The zero-order valence-corrected chi connectivity index (χ0v) is 19.9. The van der Waals surface area contributed by atoms with Gasteiger partial charge in [-0.3, -0.25) is 4.79 Å². The molecule has 0 saturated heterocycles. The summed E-state index contributed by atoms with van der Waals surface area (Å²) in [5.41, 5.74) is 1.75. The van der Waals surface area contributed by atoms with Crippen LogP contribution in [0.15, 0.2) is 36.4 Å². The van der Waals surface area contributed by atoms with Gasteiger partial charge in [0.25, 0.3) is 0 Å². The Morgan fingerprint density at radius 2 is 1.88 bits per heavy atom. The van der Waals surface area contributed by atoms with Gasteiger partial charge in [-0.05, 0) is 80.0 Å². The Morgan fingerprint density at radius 3 is 2.45 bits per heavy atom. The largest absolute Gasteiger partial charge is 0.478 e. The molecule has 4 rings (SSSR count). The van der Waals surface area contributed by atoms with E-state index < -0.39 is 17.4 Å². The molecule has 0 amide bonds. The zero-order valence-electron chi connectivity index (χ0n) is 19.1. The molecule has 2 atom stereocenters. The van der Waals surface area contributed by atoms with Crippen LogP contribution in [-0.2, 0) is 9.53 Å². The summed E-state index contributed by atoms with van der Waals surface area (Å²) in [6, 6.07) is 10.2. The predicted octanol–water partition coefficient (Wildman–Crippen LogP) is 7.04. The van der Waals surface area contributed by atoms with E-state index >= 15 is 0 Å². The van der Waals surface area contributed by atoms with Gasteiger partial charge >= 0.3 is 5.97 Å². The first-order chi connectivity index (χ1) is 15.7. The average molecular weight is 473 g/mol. The van der Waals surface area contributed by atoms with Gasteiger partial charge in [0.2, 0.25) is 0 Å².